The van der Waals surface area contributed by atoms with Crippen LogP contribution < -0.4 is 20.9 Å². The van der Waals surface area contributed by atoms with Crippen LogP contribution in [0.1, 0.15) is 49.8 Å². The molecule has 1 heterocycles. The van der Waals surface area contributed by atoms with Crippen LogP contribution in [-0.2, 0) is 30.1 Å². The number of carboxylic acid groups (broad SMARTS) is 1. The molecule has 0 bridgehead atoms. The number of aliphatic hydroxyl groups is 2. The van der Waals surface area contributed by atoms with Crippen molar-refractivity contribution >= 4 is 22.8 Å². The Bertz CT molecular complexity index is 2220. The number of hydrogen-bond acceptors (Lipinski definition) is 8. The van der Waals surface area contributed by atoms with Gasteiger partial charge in [0.25, 0.3) is 5.91 Å². The summed E-state index contributed by atoms with van der Waals surface area (Å²) >= 11 is 0. The molecule has 11 heteroatoms. The van der Waals surface area contributed by atoms with Gasteiger partial charge in [0.15, 0.2) is 0 Å². The first-order valence-corrected chi connectivity index (χ1v) is 16.5. The van der Waals surface area contributed by atoms with Gasteiger partial charge in [-0.2, -0.15) is 0 Å². The number of aromatic nitrogens is 1. The molecule has 11 nitrogen and oxygen atoms in total. The number of carbonyl (C=O) groups is 2. The first kappa shape index (κ1) is 35.6. The summed E-state index contributed by atoms with van der Waals surface area (Å²) in [6, 6.07) is 35.3. The Hall–Kier alpha value is -6.27. The number of ether oxygens (including phenoxy) is 1. The van der Waals surface area contributed by atoms with Crippen molar-refractivity contribution in [2.45, 2.75) is 31.4 Å². The first-order chi connectivity index (χ1) is 25.1. The van der Waals surface area contributed by atoms with Gasteiger partial charge in [-0.25, -0.2) is 4.79 Å². The number of phenolic OH excluding ortho intramolecular Hbond substituents is 1. The van der Waals surface area contributed by atoms with Crippen molar-refractivity contribution in [2.75, 3.05) is 6.54 Å². The van der Waals surface area contributed by atoms with E-state index >= 15 is 0 Å². The molecule has 5 aromatic carbocycles. The van der Waals surface area contributed by atoms with Crippen molar-refractivity contribution in [2.24, 2.45) is 0 Å². The lowest BCUT2D eigenvalue weighted by molar-refractivity contribution is -0.155. The predicted octanol–water partition coefficient (Wildman–Crippen LogP) is 4.89. The normalized spacial score (nSPS) is 12.9. The number of benzene rings is 5. The molecule has 6 aromatic rings. The Morgan fingerprint density at radius 3 is 2.08 bits per heavy atom. The van der Waals surface area contributed by atoms with Gasteiger partial charge in [-0.3, -0.25) is 9.59 Å². The number of hydrogen-bond donors (Lipinski definition) is 7. The van der Waals surface area contributed by atoms with E-state index in [1.807, 2.05) is 36.4 Å². The topological polar surface area (TPSA) is 181 Å². The summed E-state index contributed by atoms with van der Waals surface area (Å²) in [4.78, 5) is 39.1. The molecule has 0 saturated heterocycles. The second-order valence-corrected chi connectivity index (χ2v) is 12.3. The van der Waals surface area contributed by atoms with Crippen LogP contribution in [0.25, 0.3) is 10.9 Å². The summed E-state index contributed by atoms with van der Waals surface area (Å²) in [7, 11) is 0. The zero-order chi connectivity index (χ0) is 36.7. The molecule has 2 atom stereocenters. The lowest BCUT2D eigenvalue weighted by atomic mass is 9.86. The summed E-state index contributed by atoms with van der Waals surface area (Å²) in [6.45, 7) is 1.28. The van der Waals surface area contributed by atoms with E-state index in [4.69, 9.17) is 4.74 Å². The van der Waals surface area contributed by atoms with E-state index in [0.29, 0.717) is 35.4 Å². The molecule has 1 amide bonds. The molecule has 52 heavy (non-hydrogen) atoms. The van der Waals surface area contributed by atoms with Crippen molar-refractivity contribution in [3.05, 3.63) is 177 Å². The van der Waals surface area contributed by atoms with E-state index in [0.717, 1.165) is 16.7 Å². The summed E-state index contributed by atoms with van der Waals surface area (Å²) in [5, 5.41) is 48.4. The van der Waals surface area contributed by atoms with Gasteiger partial charge < -0.3 is 40.8 Å². The number of rotatable bonds is 14. The van der Waals surface area contributed by atoms with Gasteiger partial charge in [0.05, 0.1) is 11.6 Å². The Kier molecular flexibility index (Phi) is 10.8. The minimum atomic E-state index is -2.18. The lowest BCUT2D eigenvalue weighted by Gasteiger charge is -2.24. The number of H-pyrrole nitrogens is 1. The maximum absolute atomic E-state index is 12.8. The second-order valence-electron chi connectivity index (χ2n) is 12.3. The summed E-state index contributed by atoms with van der Waals surface area (Å²) in [5.41, 5.74) is 2.04. The Morgan fingerprint density at radius 2 is 1.38 bits per heavy atom. The number of phenols is 1. The third-order valence-corrected chi connectivity index (χ3v) is 8.80. The molecule has 264 valence electrons. The fourth-order valence-corrected chi connectivity index (χ4v) is 5.88. The highest BCUT2D eigenvalue weighted by atomic mass is 16.5. The number of fused-ring (bicyclic) bond motifs is 1. The van der Waals surface area contributed by atoms with Crippen LogP contribution in [0.15, 0.2) is 132 Å². The molecule has 0 fully saturated rings. The van der Waals surface area contributed by atoms with Gasteiger partial charge in [-0.1, -0.05) is 84.9 Å². The SMILES string of the molecule is O=C(NCc1ccc(COc2ccc(C(O)(C(=O)O)c3ccccc3)cc2)cc1)c1ccc(CNC[C@H](O)c2ccc(O)c3[nH]c(=O)ccc23)cc1. The Balaban J connectivity index is 0.951. The molecule has 1 aromatic heterocycles. The van der Waals surface area contributed by atoms with Gasteiger partial charge in [0, 0.05) is 36.7 Å². The molecular formula is C41H37N3O8. The number of amides is 1. The van der Waals surface area contributed by atoms with Crippen LogP contribution in [-0.4, -0.2) is 43.8 Å². The average Bonchev–Trinajstić information content (AvgIpc) is 3.17. The van der Waals surface area contributed by atoms with Crippen molar-refractivity contribution < 1.29 is 34.8 Å². The maximum Gasteiger partial charge on any atom is 0.345 e. The van der Waals surface area contributed by atoms with Crippen LogP contribution in [0.3, 0.4) is 0 Å². The van der Waals surface area contributed by atoms with E-state index in [1.165, 1.54) is 24.3 Å². The number of aromatic amines is 1. The molecule has 0 radical (unpaired) electrons. The molecule has 6 rings (SSSR count). The molecule has 0 saturated carbocycles. The zero-order valence-electron chi connectivity index (χ0n) is 28.0. The van der Waals surface area contributed by atoms with Crippen LogP contribution in [0.5, 0.6) is 11.5 Å². The van der Waals surface area contributed by atoms with Crippen LogP contribution >= 0.6 is 0 Å². The maximum atomic E-state index is 12.8. The number of carboxylic acids is 1. The van der Waals surface area contributed by atoms with Crippen molar-refractivity contribution in [1.82, 2.24) is 15.6 Å². The fraction of sp³-hybridized carbons (Fsp3) is 0.146. The standard InChI is InChI=1S/C41H37N3O8/c45-35-20-18-33(34-19-21-37(47)44-38(34)35)36(46)24-42-22-26-10-12-29(13-11-26)39(48)43-23-27-6-8-28(9-7-27)25-52-32-16-14-31(15-17-32)41(51,40(49)50)30-4-2-1-3-5-30/h1-21,36,42,45-46,51H,22-25H2,(H,43,48)(H,44,47)(H,49,50)/t36-,41?/m0/s1. The van der Waals surface area contributed by atoms with Crippen LogP contribution in [0, 0.1) is 0 Å². The molecule has 0 aliphatic heterocycles. The second kappa shape index (κ2) is 15.7. The highest BCUT2D eigenvalue weighted by Gasteiger charge is 2.40. The smallest absolute Gasteiger partial charge is 0.345 e. The Labute approximate surface area is 298 Å². The number of carbonyl (C=O) groups excluding carboxylic acids is 1. The van der Waals surface area contributed by atoms with Gasteiger partial charge in [0.2, 0.25) is 11.2 Å². The van der Waals surface area contributed by atoms with Gasteiger partial charge in [0.1, 0.15) is 18.1 Å². The average molecular weight is 700 g/mol. The highest BCUT2D eigenvalue weighted by molar-refractivity contribution is 5.94. The van der Waals surface area contributed by atoms with E-state index in [2.05, 4.69) is 15.6 Å². The lowest BCUT2D eigenvalue weighted by Crippen LogP contribution is -2.36. The van der Waals surface area contributed by atoms with Crippen molar-refractivity contribution in [1.29, 1.82) is 0 Å². The molecule has 0 spiro atoms. The zero-order valence-corrected chi connectivity index (χ0v) is 28.0. The number of aromatic hydroxyl groups is 1. The minimum Gasteiger partial charge on any atom is -0.506 e. The summed E-state index contributed by atoms with van der Waals surface area (Å²) in [5.74, 6) is -1.14. The van der Waals surface area contributed by atoms with Crippen molar-refractivity contribution in [3.63, 3.8) is 0 Å². The van der Waals surface area contributed by atoms with Crippen LogP contribution in [0.2, 0.25) is 0 Å². The van der Waals surface area contributed by atoms with E-state index in [1.54, 1.807) is 66.7 Å². The van der Waals surface area contributed by atoms with Gasteiger partial charge >= 0.3 is 5.97 Å². The number of nitrogens with one attached hydrogen (secondary N) is 3. The van der Waals surface area contributed by atoms with Gasteiger partial charge in [-0.05, 0) is 69.8 Å². The third kappa shape index (κ3) is 8.03. The fourth-order valence-electron chi connectivity index (χ4n) is 5.88. The van der Waals surface area contributed by atoms with E-state index in [9.17, 15) is 34.8 Å². The molecular weight excluding hydrogens is 662 g/mol. The number of aliphatic carboxylic acids is 1. The van der Waals surface area contributed by atoms with E-state index in [-0.39, 0.29) is 47.0 Å². The summed E-state index contributed by atoms with van der Waals surface area (Å²) < 4.78 is 5.88. The highest BCUT2D eigenvalue weighted by Crippen LogP contribution is 2.32. The largest absolute Gasteiger partial charge is 0.506 e. The third-order valence-electron chi connectivity index (χ3n) is 8.80. The Morgan fingerprint density at radius 1 is 0.750 bits per heavy atom. The molecule has 0 aliphatic rings. The van der Waals surface area contributed by atoms with E-state index < -0.39 is 17.7 Å². The number of pyridine rings is 1. The minimum absolute atomic E-state index is 0.0670. The predicted molar refractivity (Wildman–Crippen MR) is 195 cm³/mol. The number of aliphatic hydroxyl groups excluding tert-OH is 1. The molecule has 1 unspecified atom stereocenters. The molecule has 0 aliphatic carbocycles. The summed E-state index contributed by atoms with van der Waals surface area (Å²) in [6.07, 6.45) is -0.880. The molecule has 7 N–H and O–H groups in total. The van der Waals surface area contributed by atoms with Crippen molar-refractivity contribution in [3.8, 4) is 11.5 Å². The van der Waals surface area contributed by atoms with Gasteiger partial charge in [-0.15, -0.1) is 0 Å². The quantitative estimate of drug-likeness (QED) is 0.0833. The first-order valence-electron chi connectivity index (χ1n) is 16.5. The monoisotopic (exact) mass is 699 g/mol. The van der Waals surface area contributed by atoms with Crippen LogP contribution in [0.4, 0.5) is 0 Å².